The molecule has 0 bridgehead atoms. The summed E-state index contributed by atoms with van der Waals surface area (Å²) in [4.78, 5) is 1.05. The molecular formula is C15H18N4S. The molecule has 0 fully saturated rings. The predicted molar refractivity (Wildman–Crippen MR) is 82.9 cm³/mol. The molecule has 1 heterocycles. The minimum Gasteiger partial charge on any atom is -0.384 e. The van der Waals surface area contributed by atoms with E-state index < -0.39 is 0 Å². The number of rotatable bonds is 7. The van der Waals surface area contributed by atoms with Crippen molar-refractivity contribution in [3.05, 3.63) is 42.2 Å². The lowest BCUT2D eigenvalue weighted by atomic mass is 10.2. The van der Waals surface area contributed by atoms with Crippen molar-refractivity contribution in [2.75, 3.05) is 17.6 Å². The second-order valence-corrected chi connectivity index (χ2v) is 5.58. The summed E-state index contributed by atoms with van der Waals surface area (Å²) in [6.07, 6.45) is 4.71. The van der Waals surface area contributed by atoms with Crippen LogP contribution in [0.25, 0.3) is 0 Å². The van der Waals surface area contributed by atoms with Crippen molar-refractivity contribution in [3.63, 3.8) is 0 Å². The zero-order chi connectivity index (χ0) is 14.2. The van der Waals surface area contributed by atoms with E-state index in [1.165, 1.54) is 0 Å². The van der Waals surface area contributed by atoms with Crippen molar-refractivity contribution in [2.45, 2.75) is 24.8 Å². The van der Waals surface area contributed by atoms with Crippen LogP contribution in [-0.4, -0.2) is 22.1 Å². The Bertz CT molecular complexity index is 572. The lowest BCUT2D eigenvalue weighted by molar-refractivity contribution is 0.592. The molecule has 2 rings (SSSR count). The van der Waals surface area contributed by atoms with Gasteiger partial charge in [0.25, 0.3) is 0 Å². The molecule has 2 aromatic rings. The van der Waals surface area contributed by atoms with Crippen LogP contribution in [0.3, 0.4) is 0 Å². The van der Waals surface area contributed by atoms with Crippen LogP contribution in [0.5, 0.6) is 0 Å². The highest BCUT2D eigenvalue weighted by Crippen LogP contribution is 2.27. The van der Waals surface area contributed by atoms with Gasteiger partial charge in [-0.1, -0.05) is 13.0 Å². The summed E-state index contributed by atoms with van der Waals surface area (Å²) in [5.74, 6) is 0.970. The third-order valence-electron chi connectivity index (χ3n) is 2.88. The molecule has 0 aliphatic carbocycles. The molecule has 0 atom stereocenters. The van der Waals surface area contributed by atoms with E-state index in [1.807, 2.05) is 35.1 Å². The van der Waals surface area contributed by atoms with Crippen molar-refractivity contribution < 1.29 is 0 Å². The van der Waals surface area contributed by atoms with E-state index in [9.17, 15) is 5.26 Å². The number of hydrogen-bond acceptors (Lipinski definition) is 4. The monoisotopic (exact) mass is 286 g/mol. The first-order valence-electron chi connectivity index (χ1n) is 6.72. The van der Waals surface area contributed by atoms with E-state index in [0.717, 1.165) is 41.4 Å². The fourth-order valence-corrected chi connectivity index (χ4v) is 2.75. The average Bonchev–Trinajstić information content (AvgIpc) is 2.97. The number of nitriles is 1. The Kier molecular flexibility index (Phi) is 5.51. The maximum Gasteiger partial charge on any atom is 0.102 e. The standard InChI is InChI=1S/C15H18N4S/c1-2-20-15-7-3-6-14(13(15)12-16)17-8-4-10-19-11-5-9-18-19/h3,5-7,9,11,17H,2,4,8,10H2,1H3. The van der Waals surface area contributed by atoms with Gasteiger partial charge in [-0.2, -0.15) is 10.4 Å². The van der Waals surface area contributed by atoms with Gasteiger partial charge in [-0.3, -0.25) is 4.68 Å². The van der Waals surface area contributed by atoms with E-state index in [4.69, 9.17) is 0 Å². The highest BCUT2D eigenvalue weighted by molar-refractivity contribution is 7.99. The van der Waals surface area contributed by atoms with Gasteiger partial charge >= 0.3 is 0 Å². The number of hydrogen-bond donors (Lipinski definition) is 1. The van der Waals surface area contributed by atoms with Crippen LogP contribution < -0.4 is 5.32 Å². The molecule has 104 valence electrons. The van der Waals surface area contributed by atoms with Crippen LogP contribution >= 0.6 is 11.8 Å². The third-order valence-corrected chi connectivity index (χ3v) is 3.82. The smallest absolute Gasteiger partial charge is 0.102 e. The van der Waals surface area contributed by atoms with Crippen molar-refractivity contribution in [3.8, 4) is 6.07 Å². The Balaban J connectivity index is 1.92. The van der Waals surface area contributed by atoms with Crippen LogP contribution in [-0.2, 0) is 6.54 Å². The second-order valence-electron chi connectivity index (χ2n) is 4.27. The quantitative estimate of drug-likeness (QED) is 0.626. The predicted octanol–water partition coefficient (Wildman–Crippen LogP) is 3.37. The molecule has 0 aliphatic rings. The summed E-state index contributed by atoms with van der Waals surface area (Å²) >= 11 is 1.70. The number of aromatic nitrogens is 2. The van der Waals surface area contributed by atoms with Crippen LogP contribution in [0.4, 0.5) is 5.69 Å². The fourth-order valence-electron chi connectivity index (χ4n) is 1.97. The zero-order valence-electron chi connectivity index (χ0n) is 11.5. The molecule has 0 radical (unpaired) electrons. The van der Waals surface area contributed by atoms with Crippen molar-refractivity contribution in [2.24, 2.45) is 0 Å². The summed E-state index contributed by atoms with van der Waals surface area (Å²) in [5.41, 5.74) is 1.67. The van der Waals surface area contributed by atoms with E-state index >= 15 is 0 Å². The van der Waals surface area contributed by atoms with Crippen LogP contribution in [0.2, 0.25) is 0 Å². The van der Waals surface area contributed by atoms with Gasteiger partial charge in [0.15, 0.2) is 0 Å². The lowest BCUT2D eigenvalue weighted by Gasteiger charge is -2.11. The maximum absolute atomic E-state index is 9.32. The Labute approximate surface area is 123 Å². The molecule has 1 N–H and O–H groups in total. The topological polar surface area (TPSA) is 53.6 Å². The SMILES string of the molecule is CCSc1cccc(NCCCn2cccn2)c1C#N. The van der Waals surface area contributed by atoms with Gasteiger partial charge in [0.1, 0.15) is 6.07 Å². The molecule has 0 aliphatic heterocycles. The lowest BCUT2D eigenvalue weighted by Crippen LogP contribution is -2.08. The average molecular weight is 286 g/mol. The first kappa shape index (κ1) is 14.5. The first-order valence-corrected chi connectivity index (χ1v) is 7.71. The Morgan fingerprint density at radius 3 is 3.00 bits per heavy atom. The van der Waals surface area contributed by atoms with E-state index in [0.29, 0.717) is 0 Å². The van der Waals surface area contributed by atoms with Crippen LogP contribution in [0.1, 0.15) is 18.9 Å². The number of benzene rings is 1. The molecular weight excluding hydrogens is 268 g/mol. The zero-order valence-corrected chi connectivity index (χ0v) is 12.4. The molecule has 0 saturated carbocycles. The molecule has 1 aromatic carbocycles. The number of anilines is 1. The fraction of sp³-hybridized carbons (Fsp3) is 0.333. The molecule has 20 heavy (non-hydrogen) atoms. The molecule has 0 unspecified atom stereocenters. The highest BCUT2D eigenvalue weighted by atomic mass is 32.2. The first-order chi connectivity index (χ1) is 9.85. The summed E-state index contributed by atoms with van der Waals surface area (Å²) in [5, 5.41) is 16.8. The van der Waals surface area contributed by atoms with E-state index in [2.05, 4.69) is 23.4 Å². The minimum absolute atomic E-state index is 0.749. The Morgan fingerprint density at radius 1 is 1.40 bits per heavy atom. The molecule has 0 saturated heterocycles. The largest absolute Gasteiger partial charge is 0.384 e. The molecule has 5 heteroatoms. The molecule has 0 spiro atoms. The number of aryl methyl sites for hydroxylation is 1. The third kappa shape index (κ3) is 3.78. The Hall–Kier alpha value is -1.93. The van der Waals surface area contributed by atoms with Gasteiger partial charge in [0, 0.05) is 30.4 Å². The summed E-state index contributed by atoms with van der Waals surface area (Å²) < 4.78 is 1.91. The summed E-state index contributed by atoms with van der Waals surface area (Å²) in [6, 6.07) is 10.2. The molecule has 1 aromatic heterocycles. The highest BCUT2D eigenvalue weighted by Gasteiger charge is 2.07. The van der Waals surface area contributed by atoms with Crippen LogP contribution in [0.15, 0.2) is 41.6 Å². The van der Waals surface area contributed by atoms with Gasteiger partial charge < -0.3 is 5.32 Å². The van der Waals surface area contributed by atoms with E-state index in [1.54, 1.807) is 18.0 Å². The van der Waals surface area contributed by atoms with Gasteiger partial charge in [-0.15, -0.1) is 11.8 Å². The van der Waals surface area contributed by atoms with Gasteiger partial charge in [-0.25, -0.2) is 0 Å². The number of nitrogens with zero attached hydrogens (tertiary/aromatic N) is 3. The molecule has 4 nitrogen and oxygen atoms in total. The van der Waals surface area contributed by atoms with Gasteiger partial charge in [-0.05, 0) is 30.4 Å². The molecule has 0 amide bonds. The van der Waals surface area contributed by atoms with Crippen molar-refractivity contribution in [1.29, 1.82) is 5.26 Å². The number of nitrogens with one attached hydrogen (secondary N) is 1. The van der Waals surface area contributed by atoms with Crippen LogP contribution in [0, 0.1) is 11.3 Å². The number of thioether (sulfide) groups is 1. The summed E-state index contributed by atoms with van der Waals surface area (Å²) in [6.45, 7) is 3.80. The second kappa shape index (κ2) is 7.61. The Morgan fingerprint density at radius 2 is 2.30 bits per heavy atom. The van der Waals surface area contributed by atoms with Crippen molar-refractivity contribution in [1.82, 2.24) is 9.78 Å². The van der Waals surface area contributed by atoms with Crippen molar-refractivity contribution >= 4 is 17.4 Å². The maximum atomic E-state index is 9.32. The normalized spacial score (nSPS) is 10.2. The van der Waals surface area contributed by atoms with E-state index in [-0.39, 0.29) is 0 Å². The van der Waals surface area contributed by atoms with Gasteiger partial charge in [0.05, 0.1) is 11.3 Å². The van der Waals surface area contributed by atoms with Gasteiger partial charge in [0.2, 0.25) is 0 Å². The summed E-state index contributed by atoms with van der Waals surface area (Å²) in [7, 11) is 0. The minimum atomic E-state index is 0.749.